The molecule has 0 unspecified atom stereocenters. The molecule has 2 aliphatic rings. The van der Waals surface area contributed by atoms with E-state index in [1.54, 1.807) is 34.5 Å². The number of anilines is 1. The summed E-state index contributed by atoms with van der Waals surface area (Å²) in [5.41, 5.74) is 1.22. The first-order valence-corrected chi connectivity index (χ1v) is 15.7. The summed E-state index contributed by atoms with van der Waals surface area (Å²) in [5.74, 6) is -2.45. The number of hydrogen-bond acceptors (Lipinski definition) is 6. The van der Waals surface area contributed by atoms with E-state index >= 15 is 4.39 Å². The molecular formula is C30H34ClFN4O5S. The largest absolute Gasteiger partial charge is 0.481 e. The second kappa shape index (κ2) is 13.0. The van der Waals surface area contributed by atoms with Gasteiger partial charge in [-0.3, -0.25) is 19.1 Å². The molecule has 2 N–H and O–H groups in total. The van der Waals surface area contributed by atoms with E-state index in [2.05, 4.69) is 10.4 Å². The number of para-hydroxylation sites is 1. The van der Waals surface area contributed by atoms with Gasteiger partial charge in [0, 0.05) is 24.2 Å². The van der Waals surface area contributed by atoms with Gasteiger partial charge in [0.15, 0.2) is 5.69 Å². The molecular weight excluding hydrogens is 583 g/mol. The molecule has 12 heteroatoms. The number of fused-ring (bicyclic) bond motifs is 1. The number of carboxylic acid groups (broad SMARTS) is 1. The highest BCUT2D eigenvalue weighted by Gasteiger charge is 2.36. The van der Waals surface area contributed by atoms with Gasteiger partial charge < -0.3 is 20.1 Å². The molecule has 1 saturated carbocycles. The molecule has 1 aromatic heterocycles. The van der Waals surface area contributed by atoms with Crippen molar-refractivity contribution in [3.05, 3.63) is 58.5 Å². The van der Waals surface area contributed by atoms with Crippen molar-refractivity contribution in [1.82, 2.24) is 14.7 Å². The molecule has 5 rings (SSSR count). The second-order valence-corrected chi connectivity index (χ2v) is 12.5. The van der Waals surface area contributed by atoms with Crippen molar-refractivity contribution in [2.75, 3.05) is 24.7 Å². The van der Waals surface area contributed by atoms with Gasteiger partial charge in [-0.15, -0.1) is 0 Å². The SMILES string of the molecule is CS[C@H]1C[C@@H](CO[C@H]2CC[C@H](C(=O)O)CC2)N(C(=O)Cc2cc(Cl)c(NC(=O)c3nn(C)c4ccccc34)cc2F)C1. The van der Waals surface area contributed by atoms with Gasteiger partial charge in [-0.2, -0.15) is 16.9 Å². The number of carbonyl (C=O) groups is 3. The molecule has 0 spiro atoms. The maximum Gasteiger partial charge on any atom is 0.306 e. The molecule has 1 aliphatic carbocycles. The number of ether oxygens (including phenoxy) is 1. The minimum absolute atomic E-state index is 0.0195. The number of benzene rings is 2. The number of amides is 2. The molecule has 3 aromatic rings. The third kappa shape index (κ3) is 6.58. The van der Waals surface area contributed by atoms with E-state index < -0.39 is 17.7 Å². The Morgan fingerprint density at radius 3 is 2.64 bits per heavy atom. The minimum Gasteiger partial charge on any atom is -0.481 e. The van der Waals surface area contributed by atoms with Crippen LogP contribution >= 0.6 is 23.4 Å². The number of rotatable bonds is 9. The van der Waals surface area contributed by atoms with Gasteiger partial charge in [-0.05, 0) is 62.1 Å². The lowest BCUT2D eigenvalue weighted by molar-refractivity contribution is -0.144. The van der Waals surface area contributed by atoms with Crippen molar-refractivity contribution in [1.29, 1.82) is 0 Å². The summed E-state index contributed by atoms with van der Waals surface area (Å²) in [6.45, 7) is 0.906. The number of nitrogens with zero attached hydrogens (tertiary/aromatic N) is 3. The van der Waals surface area contributed by atoms with Crippen LogP contribution in [0.3, 0.4) is 0 Å². The maximum atomic E-state index is 15.2. The van der Waals surface area contributed by atoms with Crippen molar-refractivity contribution in [2.45, 2.75) is 55.9 Å². The van der Waals surface area contributed by atoms with Crippen molar-refractivity contribution < 1.29 is 28.6 Å². The Labute approximate surface area is 252 Å². The second-order valence-electron chi connectivity index (χ2n) is 11.0. The van der Waals surface area contributed by atoms with Gasteiger partial charge in [0.25, 0.3) is 5.91 Å². The first-order chi connectivity index (χ1) is 20.1. The Kier molecular flexibility index (Phi) is 9.39. The van der Waals surface area contributed by atoms with E-state index in [9.17, 15) is 19.5 Å². The van der Waals surface area contributed by atoms with Crippen molar-refractivity contribution in [3.8, 4) is 0 Å². The zero-order valence-electron chi connectivity index (χ0n) is 23.5. The van der Waals surface area contributed by atoms with E-state index in [1.165, 1.54) is 6.07 Å². The molecule has 2 aromatic carbocycles. The maximum absolute atomic E-state index is 15.2. The van der Waals surface area contributed by atoms with E-state index in [-0.39, 0.29) is 57.6 Å². The van der Waals surface area contributed by atoms with Gasteiger partial charge in [-0.25, -0.2) is 4.39 Å². The Balaban J connectivity index is 1.23. The Morgan fingerprint density at radius 2 is 1.93 bits per heavy atom. The topological polar surface area (TPSA) is 114 Å². The number of carboxylic acids is 1. The molecule has 2 atom stereocenters. The molecule has 42 heavy (non-hydrogen) atoms. The molecule has 2 amide bonds. The average molecular weight is 617 g/mol. The lowest BCUT2D eigenvalue weighted by atomic mass is 9.87. The average Bonchev–Trinajstić information content (AvgIpc) is 3.56. The predicted molar refractivity (Wildman–Crippen MR) is 161 cm³/mol. The third-order valence-electron chi connectivity index (χ3n) is 8.28. The normalized spacial score (nSPS) is 22.4. The number of likely N-dealkylation sites (tertiary alicyclic amines) is 1. The summed E-state index contributed by atoms with van der Waals surface area (Å²) >= 11 is 8.13. The Morgan fingerprint density at radius 1 is 1.19 bits per heavy atom. The molecule has 1 saturated heterocycles. The lowest BCUT2D eigenvalue weighted by Crippen LogP contribution is -2.40. The smallest absolute Gasteiger partial charge is 0.306 e. The number of hydrogen-bond donors (Lipinski definition) is 2. The third-order valence-corrected chi connectivity index (χ3v) is 9.60. The molecule has 1 aliphatic heterocycles. The highest BCUT2D eigenvalue weighted by molar-refractivity contribution is 7.99. The Hall–Kier alpha value is -3.15. The summed E-state index contributed by atoms with van der Waals surface area (Å²) in [7, 11) is 1.74. The molecule has 2 fully saturated rings. The van der Waals surface area contributed by atoms with Crippen LogP contribution in [0.25, 0.3) is 10.9 Å². The summed E-state index contributed by atoms with van der Waals surface area (Å²) in [4.78, 5) is 39.4. The van der Waals surface area contributed by atoms with E-state index in [1.807, 2.05) is 24.5 Å². The number of carbonyl (C=O) groups excluding carboxylic acids is 2. The standard InChI is InChI=1S/C30H34ClFN4O5S/c1-35-26-6-4-3-5-22(26)28(34-35)29(38)33-25-14-24(32)18(11-23(25)31)12-27(37)36-15-21(42-2)13-19(36)16-41-20-9-7-17(8-10-20)30(39)40/h3-6,11,14,17,19-21H,7-10,12-13,15-16H2,1-2H3,(H,33,38)(H,39,40)/t17-,19-,20-,21-/m0/s1. The number of thioether (sulfide) groups is 1. The summed E-state index contributed by atoms with van der Waals surface area (Å²) in [6, 6.07) is 9.68. The van der Waals surface area contributed by atoms with Gasteiger partial charge in [0.2, 0.25) is 5.91 Å². The van der Waals surface area contributed by atoms with Crippen LogP contribution in [0.5, 0.6) is 0 Å². The quantitative estimate of drug-likeness (QED) is 0.342. The molecule has 224 valence electrons. The van der Waals surface area contributed by atoms with Gasteiger partial charge in [0.05, 0.1) is 47.3 Å². The van der Waals surface area contributed by atoms with Gasteiger partial charge in [0.1, 0.15) is 5.82 Å². The fraction of sp³-hybridized carbons (Fsp3) is 0.467. The summed E-state index contributed by atoms with van der Waals surface area (Å²) in [6.07, 6.45) is 5.14. The highest BCUT2D eigenvalue weighted by Crippen LogP contribution is 2.32. The van der Waals surface area contributed by atoms with Crippen LogP contribution in [0.4, 0.5) is 10.1 Å². The zero-order chi connectivity index (χ0) is 30.0. The number of nitrogens with one attached hydrogen (secondary N) is 1. The van der Waals surface area contributed by atoms with Crippen LogP contribution in [0, 0.1) is 11.7 Å². The summed E-state index contributed by atoms with van der Waals surface area (Å²) in [5, 5.41) is 17.2. The van der Waals surface area contributed by atoms with E-state index in [0.29, 0.717) is 44.2 Å². The van der Waals surface area contributed by atoms with Crippen LogP contribution in [0.2, 0.25) is 5.02 Å². The minimum atomic E-state index is -0.756. The van der Waals surface area contributed by atoms with Gasteiger partial charge >= 0.3 is 5.97 Å². The zero-order valence-corrected chi connectivity index (χ0v) is 25.1. The molecule has 0 radical (unpaired) electrons. The molecule has 9 nitrogen and oxygen atoms in total. The number of halogens is 2. The number of aliphatic carboxylic acids is 1. The van der Waals surface area contributed by atoms with Crippen molar-refractivity contribution >= 4 is 57.7 Å². The fourth-order valence-corrected chi connectivity index (χ4v) is 6.84. The van der Waals surface area contributed by atoms with Crippen LogP contribution in [0.1, 0.15) is 48.2 Å². The fourth-order valence-electron chi connectivity index (χ4n) is 5.88. The highest BCUT2D eigenvalue weighted by atomic mass is 35.5. The predicted octanol–water partition coefficient (Wildman–Crippen LogP) is 5.15. The number of aryl methyl sites for hydroxylation is 1. The van der Waals surface area contributed by atoms with E-state index in [4.69, 9.17) is 16.3 Å². The van der Waals surface area contributed by atoms with Gasteiger partial charge in [-0.1, -0.05) is 29.8 Å². The lowest BCUT2D eigenvalue weighted by Gasteiger charge is -2.30. The monoisotopic (exact) mass is 616 g/mol. The Bertz CT molecular complexity index is 1490. The molecule has 0 bridgehead atoms. The van der Waals surface area contributed by atoms with Crippen LogP contribution in [-0.4, -0.2) is 74.4 Å². The van der Waals surface area contributed by atoms with E-state index in [0.717, 1.165) is 18.0 Å². The van der Waals surface area contributed by atoms with Crippen molar-refractivity contribution in [2.24, 2.45) is 13.0 Å². The van der Waals surface area contributed by atoms with Crippen molar-refractivity contribution in [3.63, 3.8) is 0 Å². The van der Waals surface area contributed by atoms with Crippen LogP contribution in [0.15, 0.2) is 36.4 Å². The first kappa shape index (κ1) is 30.3. The number of aromatic nitrogens is 2. The van der Waals surface area contributed by atoms with Crippen LogP contribution < -0.4 is 5.32 Å². The first-order valence-electron chi connectivity index (χ1n) is 14.0. The van der Waals surface area contributed by atoms with Crippen LogP contribution in [-0.2, 0) is 27.8 Å². The molecule has 2 heterocycles. The summed E-state index contributed by atoms with van der Waals surface area (Å²) < 4.78 is 23.0.